The predicted octanol–water partition coefficient (Wildman–Crippen LogP) is 5.85. The first-order valence-corrected chi connectivity index (χ1v) is 22.9. The van der Waals surface area contributed by atoms with Crippen molar-refractivity contribution >= 4 is 62.4 Å². The molecule has 0 amide bonds. The second kappa shape index (κ2) is 29.8. The molecule has 0 bridgehead atoms. The Kier molecular flexibility index (Phi) is 26.1. The van der Waals surface area contributed by atoms with Gasteiger partial charge in [0.15, 0.2) is 0 Å². The van der Waals surface area contributed by atoms with Gasteiger partial charge in [-0.1, -0.05) is 203 Å². The zero-order valence-corrected chi connectivity index (χ0v) is 37.3. The fourth-order valence-electron chi connectivity index (χ4n) is 6.29. The molecule has 0 aliphatic carbocycles. The van der Waals surface area contributed by atoms with Gasteiger partial charge in [-0.15, -0.1) is 0 Å². The van der Waals surface area contributed by atoms with E-state index >= 15 is 0 Å². The van der Waals surface area contributed by atoms with Crippen molar-refractivity contribution in [3.05, 3.63) is 182 Å². The Morgan fingerprint density at radius 2 is 0.526 bits per heavy atom. The molecule has 3 atom stereocenters. The smallest absolute Gasteiger partial charge is 1.00 e. The first kappa shape index (κ1) is 49.8. The molecular formula is C46H60N6OP3Rh. The van der Waals surface area contributed by atoms with Crippen LogP contribution >= 0.6 is 23.8 Å². The molecule has 0 aliphatic rings. The van der Waals surface area contributed by atoms with Crippen LogP contribution in [0.4, 0.5) is 0 Å². The van der Waals surface area contributed by atoms with Crippen LogP contribution in [0.1, 0.15) is 25.1 Å². The van der Waals surface area contributed by atoms with Crippen LogP contribution in [0.5, 0.6) is 0 Å². The normalized spacial score (nSPS) is 12.0. The Labute approximate surface area is 362 Å². The van der Waals surface area contributed by atoms with Crippen LogP contribution in [0.3, 0.4) is 0 Å². The van der Waals surface area contributed by atoms with Crippen LogP contribution < -0.4 is 65.6 Å². The Morgan fingerprint density at radius 3 is 0.649 bits per heavy atom. The van der Waals surface area contributed by atoms with Crippen LogP contribution in [0, 0.1) is 0 Å². The van der Waals surface area contributed by atoms with Crippen molar-refractivity contribution in [3.63, 3.8) is 0 Å². The maximum Gasteiger partial charge on any atom is 3.00 e. The molecule has 6 aromatic rings. The van der Waals surface area contributed by atoms with Crippen molar-refractivity contribution < 1.29 is 28.6 Å². The van der Waals surface area contributed by atoms with E-state index in [2.05, 4.69) is 226 Å². The molecule has 304 valence electrons. The number of hydrogen-bond donors (Lipinski definition) is 6. The first-order valence-electron chi connectivity index (χ1n) is 18.7. The molecule has 0 aliphatic heterocycles. The SMILES string of the molecule is CC(CNN)P(c1ccccc1)c1ccccc1.CC(CNN)P(c1ccccc1)c1ccccc1.CC(CNN)P(c1ccccc1)c1ccccc1.[C]=O.[H-].[H-].[H-].[Rh+3]. The molecule has 0 saturated carbocycles. The molecule has 0 saturated heterocycles. The largest absolute Gasteiger partial charge is 3.00 e. The van der Waals surface area contributed by atoms with Gasteiger partial charge in [-0.2, -0.15) is 0 Å². The number of nitrogens with one attached hydrogen (secondary N) is 3. The van der Waals surface area contributed by atoms with E-state index in [-0.39, 0.29) is 47.5 Å². The van der Waals surface area contributed by atoms with Crippen LogP contribution in [0.15, 0.2) is 182 Å². The van der Waals surface area contributed by atoms with Crippen molar-refractivity contribution in [2.45, 2.75) is 37.7 Å². The van der Waals surface area contributed by atoms with Crippen molar-refractivity contribution in [1.29, 1.82) is 0 Å². The van der Waals surface area contributed by atoms with E-state index < -0.39 is 0 Å². The van der Waals surface area contributed by atoms with E-state index in [1.807, 2.05) is 0 Å². The first-order chi connectivity index (χ1) is 27.5. The molecule has 6 aromatic carbocycles. The van der Waals surface area contributed by atoms with E-state index in [1.165, 1.54) is 31.8 Å². The monoisotopic (exact) mass is 908 g/mol. The van der Waals surface area contributed by atoms with Gasteiger partial charge in [-0.05, 0) is 72.6 Å². The zero-order valence-electron chi connectivity index (χ0n) is 36.0. The number of carbonyl (C=O) groups excluding carboxylic acids is 1. The molecule has 6 rings (SSSR count). The molecule has 0 fully saturated rings. The van der Waals surface area contributed by atoms with Gasteiger partial charge in [-0.3, -0.25) is 38.6 Å². The van der Waals surface area contributed by atoms with E-state index in [0.29, 0.717) is 17.0 Å². The van der Waals surface area contributed by atoms with Crippen molar-refractivity contribution in [3.8, 4) is 0 Å². The van der Waals surface area contributed by atoms with E-state index in [9.17, 15) is 0 Å². The molecule has 0 spiro atoms. The Morgan fingerprint density at radius 1 is 0.386 bits per heavy atom. The third-order valence-electron chi connectivity index (χ3n) is 8.77. The number of rotatable bonds is 15. The second-order valence-electron chi connectivity index (χ2n) is 12.9. The predicted molar refractivity (Wildman–Crippen MR) is 251 cm³/mol. The van der Waals surface area contributed by atoms with E-state index in [0.717, 1.165) is 19.6 Å². The Bertz CT molecular complexity index is 1520. The molecule has 3 unspecified atom stereocenters. The molecule has 57 heavy (non-hydrogen) atoms. The van der Waals surface area contributed by atoms with Gasteiger partial charge in [0, 0.05) is 19.6 Å². The third kappa shape index (κ3) is 16.8. The fraction of sp³-hybridized carbons (Fsp3) is 0.196. The topological polar surface area (TPSA) is 131 Å². The van der Waals surface area contributed by atoms with Gasteiger partial charge in [0.2, 0.25) is 0 Å². The van der Waals surface area contributed by atoms with Crippen LogP contribution in [0.2, 0.25) is 0 Å². The maximum absolute atomic E-state index is 7.50. The Hall–Kier alpha value is -3.34. The molecule has 0 aromatic heterocycles. The fourth-order valence-corrected chi connectivity index (χ4v) is 14.1. The molecule has 9 N–H and O–H groups in total. The van der Waals surface area contributed by atoms with Crippen molar-refractivity contribution in [2.75, 3.05) is 19.6 Å². The summed E-state index contributed by atoms with van der Waals surface area (Å²) < 4.78 is 0. The minimum Gasteiger partial charge on any atom is -1.00 e. The third-order valence-corrected chi connectivity index (χ3v) is 17.1. The molecule has 0 heterocycles. The molecule has 2 radical (unpaired) electrons. The zero-order chi connectivity index (χ0) is 40.4. The van der Waals surface area contributed by atoms with Crippen molar-refractivity contribution in [2.24, 2.45) is 17.5 Å². The summed E-state index contributed by atoms with van der Waals surface area (Å²) in [4.78, 5) is 7.50. The maximum atomic E-state index is 7.50. The van der Waals surface area contributed by atoms with E-state index in [1.54, 1.807) is 0 Å². The van der Waals surface area contributed by atoms with Crippen LogP contribution in [-0.2, 0) is 24.3 Å². The minimum absolute atomic E-state index is 0. The standard InChI is InChI=1S/3C15H19N2P.CO.Rh.3H/c3*1-13(12-17-16)18(14-8-4-2-5-9-14)15-10-6-3-7-11-15;1-2;;;;/h3*2-11,13,17H,12,16H2,1H3;;;;;/q;;;;+3;3*-1. The summed E-state index contributed by atoms with van der Waals surface area (Å²) >= 11 is 0. The van der Waals surface area contributed by atoms with Gasteiger partial charge in [0.05, 0.1) is 0 Å². The number of nitrogens with two attached hydrogens (primary N) is 3. The second-order valence-corrected chi connectivity index (χ2v) is 20.9. The van der Waals surface area contributed by atoms with Gasteiger partial charge < -0.3 is 4.28 Å². The summed E-state index contributed by atoms with van der Waals surface area (Å²) in [5.74, 6) is 16.5. The van der Waals surface area contributed by atoms with Crippen LogP contribution in [-0.4, -0.2) is 43.4 Å². The summed E-state index contributed by atoms with van der Waals surface area (Å²) in [5, 5.41) is 8.42. The number of hydrazine groups is 3. The summed E-state index contributed by atoms with van der Waals surface area (Å²) in [6.45, 7) is 13.8. The summed E-state index contributed by atoms with van der Waals surface area (Å²) in [7, 11) is -1.08. The number of hydrogen-bond acceptors (Lipinski definition) is 7. The molecule has 11 heteroatoms. The average Bonchev–Trinajstić information content (AvgIpc) is 3.25. The summed E-state index contributed by atoms with van der Waals surface area (Å²) in [6, 6.07) is 64.2. The summed E-state index contributed by atoms with van der Waals surface area (Å²) in [5.41, 5.74) is 9.94. The van der Waals surface area contributed by atoms with Crippen LogP contribution in [0.25, 0.3) is 0 Å². The molecular weight excluding hydrogens is 848 g/mol. The quantitative estimate of drug-likeness (QED) is 0.0330. The van der Waals surface area contributed by atoms with Gasteiger partial charge in [0.1, 0.15) is 0 Å². The van der Waals surface area contributed by atoms with Gasteiger partial charge in [0.25, 0.3) is 6.79 Å². The molecule has 7 nitrogen and oxygen atoms in total. The van der Waals surface area contributed by atoms with Gasteiger partial charge in [-0.25, -0.2) is 0 Å². The minimum atomic E-state index is -0.360. The van der Waals surface area contributed by atoms with Crippen molar-refractivity contribution in [1.82, 2.24) is 16.3 Å². The number of benzene rings is 6. The summed E-state index contributed by atoms with van der Waals surface area (Å²) in [6.07, 6.45) is 0. The van der Waals surface area contributed by atoms with Gasteiger partial charge >= 0.3 is 19.5 Å². The average molecular weight is 909 g/mol. The Balaban J connectivity index is 0. The van der Waals surface area contributed by atoms with E-state index in [4.69, 9.17) is 22.3 Å².